The Labute approximate surface area is 351 Å². The summed E-state index contributed by atoms with van der Waals surface area (Å²) in [6.07, 6.45) is -6.42. The van der Waals surface area contributed by atoms with Crippen LogP contribution in [-0.2, 0) is 20.0 Å². The molecule has 6 aromatic rings. The summed E-state index contributed by atoms with van der Waals surface area (Å²) in [6, 6.07) is 17.5. The van der Waals surface area contributed by atoms with Gasteiger partial charge in [0.05, 0.1) is 21.0 Å². The topological polar surface area (TPSA) is 142 Å². The van der Waals surface area contributed by atoms with E-state index in [1.54, 1.807) is 128 Å². The van der Waals surface area contributed by atoms with Gasteiger partial charge in [0.2, 0.25) is 20.0 Å². The van der Waals surface area contributed by atoms with Crippen LogP contribution in [0.2, 0.25) is 0 Å². The molecule has 18 heteroatoms. The first-order valence-electron chi connectivity index (χ1n) is 18.9. The molecule has 0 radical (unpaired) electrons. The summed E-state index contributed by atoms with van der Waals surface area (Å²) in [6.45, 7) is 10.3. The van der Waals surface area contributed by atoms with E-state index in [4.69, 9.17) is 0 Å². The van der Waals surface area contributed by atoms with Crippen LogP contribution >= 0.6 is 0 Å². The van der Waals surface area contributed by atoms with Gasteiger partial charge in [0.1, 0.15) is 12.1 Å². The molecule has 0 fully saturated rings. The SMILES string of the molecule is Cc1cc(C)c(S(=O)(=O)NC(CNc2cccc3ccc(C)nc23)C(F)(F)F)c(C)c1.Cc1cc(C)c(S(=O)(=O)NC(CNc2cccc3cnccc23)C(F)(F)F)c(C)c1. The fourth-order valence-corrected chi connectivity index (χ4v) is 10.6. The van der Waals surface area contributed by atoms with Crippen molar-refractivity contribution in [3.05, 3.63) is 130 Å². The molecule has 10 nitrogen and oxygen atoms in total. The lowest BCUT2D eigenvalue weighted by molar-refractivity contribution is -0.148. The number of pyridine rings is 2. The lowest BCUT2D eigenvalue weighted by atomic mass is 10.1. The van der Waals surface area contributed by atoms with Crippen LogP contribution in [0.15, 0.2) is 101 Å². The molecule has 0 saturated carbocycles. The number of hydrogen-bond donors (Lipinski definition) is 4. The summed E-state index contributed by atoms with van der Waals surface area (Å²) < 4.78 is 137. The molecule has 0 bridgehead atoms. The molecule has 4 aromatic carbocycles. The molecule has 2 atom stereocenters. The van der Waals surface area contributed by atoms with E-state index in [2.05, 4.69) is 20.6 Å². The average molecular weight is 889 g/mol. The van der Waals surface area contributed by atoms with E-state index in [1.807, 2.05) is 21.6 Å². The summed E-state index contributed by atoms with van der Waals surface area (Å²) in [5, 5.41) is 7.68. The Kier molecular flexibility index (Phi) is 14.1. The van der Waals surface area contributed by atoms with Crippen LogP contribution in [0.5, 0.6) is 0 Å². The maximum absolute atomic E-state index is 13.7. The second kappa shape index (κ2) is 18.4. The first kappa shape index (κ1) is 46.8. The van der Waals surface area contributed by atoms with Crippen molar-refractivity contribution in [2.45, 2.75) is 82.7 Å². The smallest absolute Gasteiger partial charge is 0.383 e. The molecule has 0 aliphatic carbocycles. The van der Waals surface area contributed by atoms with Gasteiger partial charge in [-0.3, -0.25) is 9.97 Å². The van der Waals surface area contributed by atoms with E-state index in [9.17, 15) is 43.2 Å². The predicted octanol–water partition coefficient (Wildman–Crippen LogP) is 9.27. The van der Waals surface area contributed by atoms with Gasteiger partial charge < -0.3 is 10.6 Å². The van der Waals surface area contributed by atoms with Crippen molar-refractivity contribution >= 4 is 53.1 Å². The summed E-state index contributed by atoms with van der Waals surface area (Å²) in [4.78, 5) is 8.12. The van der Waals surface area contributed by atoms with Crippen molar-refractivity contribution in [3.8, 4) is 0 Å². The highest BCUT2D eigenvalue weighted by Crippen LogP contribution is 2.30. The maximum atomic E-state index is 13.7. The number of nitrogens with zero attached hydrogens (tertiary/aromatic N) is 2. The van der Waals surface area contributed by atoms with Crippen LogP contribution in [0.25, 0.3) is 21.7 Å². The number of rotatable bonds is 12. The first-order valence-corrected chi connectivity index (χ1v) is 21.8. The zero-order valence-corrected chi connectivity index (χ0v) is 36.0. The molecular weight excluding hydrogens is 843 g/mol. The molecule has 61 heavy (non-hydrogen) atoms. The minimum absolute atomic E-state index is 0.126. The molecule has 0 spiro atoms. The van der Waals surface area contributed by atoms with Gasteiger partial charge in [-0.05, 0) is 95.0 Å². The average Bonchev–Trinajstić information content (AvgIpc) is 3.13. The Hall–Kier alpha value is -5.30. The predicted molar refractivity (Wildman–Crippen MR) is 227 cm³/mol. The summed E-state index contributed by atoms with van der Waals surface area (Å²) in [5.74, 6) is 0. The molecule has 6 rings (SSSR count). The number of anilines is 2. The Morgan fingerprint density at radius 3 is 1.49 bits per heavy atom. The normalized spacial score (nSPS) is 13.4. The standard InChI is InChI=1S/C22H24F3N3O2S.C21H22F3N3O2S/c1-13-10-14(2)21(15(3)11-13)31(29,30)28-19(22(23,24)25)12-26-18-7-5-6-17-9-8-16(4)27-20(17)18;1-13-9-14(2)20(15(3)10-13)30(28,29)27-19(21(22,23)24)12-26-18-6-4-5-16-11-25-8-7-17(16)18/h5-11,19,26,28H,12H2,1-4H3;4-11,19,26-27H,12H2,1-3H3. The molecule has 0 saturated heterocycles. The third-order valence-corrected chi connectivity index (χ3v) is 13.2. The van der Waals surface area contributed by atoms with E-state index in [0.29, 0.717) is 44.5 Å². The van der Waals surface area contributed by atoms with Crippen molar-refractivity contribution < 1.29 is 43.2 Å². The Bertz CT molecular complexity index is 2730. The molecule has 0 aliphatic rings. The van der Waals surface area contributed by atoms with E-state index >= 15 is 0 Å². The van der Waals surface area contributed by atoms with Gasteiger partial charge in [-0.15, -0.1) is 0 Å². The van der Waals surface area contributed by atoms with Gasteiger partial charge >= 0.3 is 12.4 Å². The summed E-state index contributed by atoms with van der Waals surface area (Å²) in [7, 11) is -8.79. The maximum Gasteiger partial charge on any atom is 0.406 e. The van der Waals surface area contributed by atoms with E-state index < -0.39 is 57.6 Å². The highest BCUT2D eigenvalue weighted by Gasteiger charge is 2.44. The fourth-order valence-electron chi connectivity index (χ4n) is 7.21. The number of aromatic nitrogens is 2. The fraction of sp³-hybridized carbons (Fsp3) is 0.302. The molecule has 2 unspecified atom stereocenters. The number of para-hydroxylation sites is 1. The highest BCUT2D eigenvalue weighted by molar-refractivity contribution is 7.90. The molecule has 0 aliphatic heterocycles. The second-order valence-corrected chi connectivity index (χ2v) is 18.2. The van der Waals surface area contributed by atoms with Crippen LogP contribution in [-0.4, -0.2) is 64.3 Å². The number of fused-ring (bicyclic) bond motifs is 2. The van der Waals surface area contributed by atoms with Crippen molar-refractivity contribution in [1.29, 1.82) is 0 Å². The largest absolute Gasteiger partial charge is 0.406 e. The van der Waals surface area contributed by atoms with E-state index in [-0.39, 0.29) is 9.79 Å². The van der Waals surface area contributed by atoms with E-state index in [0.717, 1.165) is 27.6 Å². The number of aryl methyl sites for hydroxylation is 7. The van der Waals surface area contributed by atoms with Crippen molar-refractivity contribution in [2.75, 3.05) is 23.7 Å². The van der Waals surface area contributed by atoms with Gasteiger partial charge in [-0.2, -0.15) is 35.8 Å². The van der Waals surface area contributed by atoms with E-state index in [1.165, 1.54) is 0 Å². The monoisotopic (exact) mass is 888 g/mol. The summed E-state index contributed by atoms with van der Waals surface area (Å²) in [5.41, 5.74) is 5.37. The Morgan fingerprint density at radius 1 is 0.574 bits per heavy atom. The molecular formula is C43H46F6N6O4S2. The lowest BCUT2D eigenvalue weighted by Crippen LogP contribution is -2.49. The highest BCUT2D eigenvalue weighted by atomic mass is 32.2. The Morgan fingerprint density at radius 2 is 1.02 bits per heavy atom. The number of nitrogens with one attached hydrogen (secondary N) is 4. The molecule has 2 aromatic heterocycles. The molecule has 2 heterocycles. The van der Waals surface area contributed by atoms with Gasteiger partial charge in [0.15, 0.2) is 0 Å². The minimum Gasteiger partial charge on any atom is -0.383 e. The zero-order chi connectivity index (χ0) is 45.1. The van der Waals surface area contributed by atoms with Crippen molar-refractivity contribution in [2.24, 2.45) is 0 Å². The number of benzene rings is 4. The quantitative estimate of drug-likeness (QED) is 0.0892. The minimum atomic E-state index is -4.79. The number of hydrogen-bond acceptors (Lipinski definition) is 8. The van der Waals surface area contributed by atoms with Crippen LogP contribution in [0, 0.1) is 48.5 Å². The molecule has 0 amide bonds. The summed E-state index contributed by atoms with van der Waals surface area (Å²) >= 11 is 0. The number of alkyl halides is 6. The van der Waals surface area contributed by atoms with Crippen molar-refractivity contribution in [3.63, 3.8) is 0 Å². The van der Waals surface area contributed by atoms with Crippen molar-refractivity contribution in [1.82, 2.24) is 19.4 Å². The first-order chi connectivity index (χ1) is 28.4. The van der Waals surface area contributed by atoms with Crippen LogP contribution < -0.4 is 20.1 Å². The van der Waals surface area contributed by atoms with Gasteiger partial charge in [0.25, 0.3) is 0 Å². The second-order valence-electron chi connectivity index (χ2n) is 14.9. The zero-order valence-electron chi connectivity index (χ0n) is 34.3. The molecule has 326 valence electrons. The van der Waals surface area contributed by atoms with Crippen LogP contribution in [0.1, 0.15) is 39.1 Å². The van der Waals surface area contributed by atoms with Crippen LogP contribution in [0.3, 0.4) is 0 Å². The van der Waals surface area contributed by atoms with Crippen LogP contribution in [0.4, 0.5) is 37.7 Å². The van der Waals surface area contributed by atoms with Gasteiger partial charge in [0, 0.05) is 53.0 Å². The Balaban J connectivity index is 0.000000231. The number of sulfonamides is 2. The van der Waals surface area contributed by atoms with Gasteiger partial charge in [-0.1, -0.05) is 65.7 Å². The third kappa shape index (κ3) is 11.5. The number of halogens is 6. The molecule has 4 N–H and O–H groups in total. The third-order valence-electron chi connectivity index (χ3n) is 9.67. The van der Waals surface area contributed by atoms with Gasteiger partial charge in [-0.25, -0.2) is 16.8 Å². The lowest BCUT2D eigenvalue weighted by Gasteiger charge is -2.24.